The average Bonchev–Trinajstić information content (AvgIpc) is 2.82. The van der Waals surface area contributed by atoms with Crippen molar-refractivity contribution in [3.05, 3.63) is 22.4 Å². The number of amides is 1. The van der Waals surface area contributed by atoms with Gasteiger partial charge in [-0.1, -0.05) is 0 Å². The summed E-state index contributed by atoms with van der Waals surface area (Å²) in [5.41, 5.74) is 6.97. The zero-order valence-corrected chi connectivity index (χ0v) is 10.9. The van der Waals surface area contributed by atoms with E-state index in [9.17, 15) is 4.79 Å². The van der Waals surface area contributed by atoms with Crippen LogP contribution in [0.2, 0.25) is 0 Å². The van der Waals surface area contributed by atoms with E-state index in [1.165, 1.54) is 5.56 Å². The highest BCUT2D eigenvalue weighted by Crippen LogP contribution is 2.11. The van der Waals surface area contributed by atoms with Crippen molar-refractivity contribution in [2.45, 2.75) is 19.5 Å². The molecule has 2 rings (SSSR count). The van der Waals surface area contributed by atoms with E-state index >= 15 is 0 Å². The fourth-order valence-electron chi connectivity index (χ4n) is 2.06. The molecule has 0 unspecified atom stereocenters. The van der Waals surface area contributed by atoms with E-state index in [0.29, 0.717) is 0 Å². The van der Waals surface area contributed by atoms with Crippen molar-refractivity contribution < 1.29 is 4.79 Å². The molecule has 4 nitrogen and oxygen atoms in total. The molecule has 1 atom stereocenters. The van der Waals surface area contributed by atoms with Crippen LogP contribution in [0.3, 0.4) is 0 Å². The summed E-state index contributed by atoms with van der Waals surface area (Å²) in [7, 11) is 0. The number of thiophene rings is 1. The van der Waals surface area contributed by atoms with Crippen LogP contribution in [0.5, 0.6) is 0 Å². The monoisotopic (exact) mass is 253 g/mol. The number of nitrogens with zero attached hydrogens (tertiary/aromatic N) is 2. The Labute approximate surface area is 106 Å². The molecule has 2 heterocycles. The van der Waals surface area contributed by atoms with E-state index in [2.05, 4.69) is 21.7 Å². The van der Waals surface area contributed by atoms with Gasteiger partial charge in [-0.05, 0) is 29.3 Å². The highest BCUT2D eigenvalue weighted by molar-refractivity contribution is 7.07. The van der Waals surface area contributed by atoms with Crippen molar-refractivity contribution in [2.75, 3.05) is 26.2 Å². The van der Waals surface area contributed by atoms with Crippen molar-refractivity contribution in [3.63, 3.8) is 0 Å². The first kappa shape index (κ1) is 12.5. The van der Waals surface area contributed by atoms with Gasteiger partial charge in [0.1, 0.15) is 0 Å². The molecule has 1 amide bonds. The average molecular weight is 253 g/mol. The molecule has 5 heteroatoms. The summed E-state index contributed by atoms with van der Waals surface area (Å²) >= 11 is 1.73. The summed E-state index contributed by atoms with van der Waals surface area (Å²) in [6.07, 6.45) is 0. The molecule has 0 aromatic carbocycles. The summed E-state index contributed by atoms with van der Waals surface area (Å²) in [5.74, 6) is 0.0696. The number of carbonyl (C=O) groups is 1. The van der Waals surface area contributed by atoms with Gasteiger partial charge in [-0.25, -0.2) is 0 Å². The molecule has 0 spiro atoms. The Kier molecular flexibility index (Phi) is 4.15. The Bertz CT molecular complexity index is 356. The third kappa shape index (κ3) is 3.28. The topological polar surface area (TPSA) is 49.6 Å². The largest absolute Gasteiger partial charge is 0.339 e. The van der Waals surface area contributed by atoms with E-state index in [0.717, 1.165) is 32.7 Å². The van der Waals surface area contributed by atoms with Gasteiger partial charge in [0, 0.05) is 32.7 Å². The summed E-state index contributed by atoms with van der Waals surface area (Å²) in [4.78, 5) is 16.0. The molecule has 1 fully saturated rings. The maximum Gasteiger partial charge on any atom is 0.239 e. The van der Waals surface area contributed by atoms with Gasteiger partial charge < -0.3 is 10.6 Å². The normalized spacial score (nSPS) is 19.3. The maximum absolute atomic E-state index is 11.7. The lowest BCUT2D eigenvalue weighted by Gasteiger charge is -2.35. The van der Waals surface area contributed by atoms with Crippen LogP contribution >= 0.6 is 11.3 Å². The molecule has 94 valence electrons. The highest BCUT2D eigenvalue weighted by atomic mass is 32.1. The number of piperazine rings is 1. The first-order valence-electron chi connectivity index (χ1n) is 5.94. The van der Waals surface area contributed by atoms with E-state index < -0.39 is 0 Å². The van der Waals surface area contributed by atoms with Gasteiger partial charge in [-0.3, -0.25) is 9.69 Å². The van der Waals surface area contributed by atoms with Crippen LogP contribution in [0.25, 0.3) is 0 Å². The Morgan fingerprint density at radius 3 is 2.71 bits per heavy atom. The summed E-state index contributed by atoms with van der Waals surface area (Å²) in [6.45, 7) is 6.21. The lowest BCUT2D eigenvalue weighted by molar-refractivity contribution is -0.134. The second kappa shape index (κ2) is 5.62. The third-order valence-corrected chi connectivity index (χ3v) is 3.79. The molecular formula is C12H19N3OS. The molecule has 1 aromatic rings. The maximum atomic E-state index is 11.7. The van der Waals surface area contributed by atoms with Crippen LogP contribution in [-0.2, 0) is 11.3 Å². The second-order valence-corrected chi connectivity index (χ2v) is 5.30. The minimum absolute atomic E-state index is 0.0696. The molecule has 1 aromatic heterocycles. The van der Waals surface area contributed by atoms with E-state index in [-0.39, 0.29) is 11.9 Å². The lowest BCUT2D eigenvalue weighted by atomic mass is 10.2. The van der Waals surface area contributed by atoms with Crippen LogP contribution in [0, 0.1) is 0 Å². The molecule has 1 aliphatic rings. The molecular weight excluding hydrogens is 234 g/mol. The van der Waals surface area contributed by atoms with Gasteiger partial charge in [0.25, 0.3) is 0 Å². The van der Waals surface area contributed by atoms with Crippen LogP contribution in [0.4, 0.5) is 0 Å². The standard InChI is InChI=1S/C12H19N3OS/c1-10(13)12(16)15-5-3-14(4-6-15)8-11-2-7-17-9-11/h2,7,9-10H,3-6,8,13H2,1H3/t10-/m0/s1. The molecule has 1 aliphatic heterocycles. The van der Waals surface area contributed by atoms with Crippen LogP contribution in [-0.4, -0.2) is 47.9 Å². The van der Waals surface area contributed by atoms with Crippen molar-refractivity contribution in [2.24, 2.45) is 5.73 Å². The number of rotatable bonds is 3. The first-order valence-corrected chi connectivity index (χ1v) is 6.89. The van der Waals surface area contributed by atoms with E-state index in [1.54, 1.807) is 18.3 Å². The minimum Gasteiger partial charge on any atom is -0.339 e. The Hall–Kier alpha value is -0.910. The highest BCUT2D eigenvalue weighted by Gasteiger charge is 2.22. The van der Waals surface area contributed by atoms with Crippen molar-refractivity contribution in [1.82, 2.24) is 9.80 Å². The van der Waals surface area contributed by atoms with Gasteiger partial charge in [-0.2, -0.15) is 11.3 Å². The van der Waals surface area contributed by atoms with Gasteiger partial charge in [-0.15, -0.1) is 0 Å². The van der Waals surface area contributed by atoms with E-state index in [1.807, 2.05) is 4.90 Å². The fraction of sp³-hybridized carbons (Fsp3) is 0.583. The molecule has 0 aliphatic carbocycles. The number of hydrogen-bond acceptors (Lipinski definition) is 4. The van der Waals surface area contributed by atoms with Gasteiger partial charge in [0.05, 0.1) is 6.04 Å². The zero-order chi connectivity index (χ0) is 12.3. The fourth-order valence-corrected chi connectivity index (χ4v) is 2.71. The summed E-state index contributed by atoms with van der Waals surface area (Å²) < 4.78 is 0. The summed E-state index contributed by atoms with van der Waals surface area (Å²) in [6, 6.07) is 1.78. The van der Waals surface area contributed by atoms with Crippen LogP contribution in [0.1, 0.15) is 12.5 Å². The van der Waals surface area contributed by atoms with Crippen LogP contribution in [0.15, 0.2) is 16.8 Å². The smallest absolute Gasteiger partial charge is 0.239 e. The molecule has 0 bridgehead atoms. The Morgan fingerprint density at radius 2 is 2.18 bits per heavy atom. The minimum atomic E-state index is -0.376. The Balaban J connectivity index is 1.80. The summed E-state index contributed by atoms with van der Waals surface area (Å²) in [5, 5.41) is 4.28. The second-order valence-electron chi connectivity index (χ2n) is 4.52. The van der Waals surface area contributed by atoms with Crippen molar-refractivity contribution >= 4 is 17.2 Å². The quantitative estimate of drug-likeness (QED) is 0.864. The molecule has 17 heavy (non-hydrogen) atoms. The molecule has 0 saturated carbocycles. The van der Waals surface area contributed by atoms with Gasteiger partial charge in [0.15, 0.2) is 0 Å². The SMILES string of the molecule is C[C@H](N)C(=O)N1CCN(Cc2ccsc2)CC1. The van der Waals surface area contributed by atoms with Crippen LogP contribution < -0.4 is 5.73 Å². The number of carbonyl (C=O) groups excluding carboxylic acids is 1. The Morgan fingerprint density at radius 1 is 1.47 bits per heavy atom. The molecule has 0 radical (unpaired) electrons. The predicted octanol–water partition coefficient (Wildman–Crippen LogP) is 0.740. The van der Waals surface area contributed by atoms with Gasteiger partial charge >= 0.3 is 0 Å². The van der Waals surface area contributed by atoms with Gasteiger partial charge in [0.2, 0.25) is 5.91 Å². The number of nitrogens with two attached hydrogens (primary N) is 1. The predicted molar refractivity (Wildman–Crippen MR) is 69.8 cm³/mol. The van der Waals surface area contributed by atoms with Crippen molar-refractivity contribution in [3.8, 4) is 0 Å². The zero-order valence-electron chi connectivity index (χ0n) is 10.1. The third-order valence-electron chi connectivity index (χ3n) is 3.06. The molecule has 1 saturated heterocycles. The van der Waals surface area contributed by atoms with Crippen molar-refractivity contribution in [1.29, 1.82) is 0 Å². The lowest BCUT2D eigenvalue weighted by Crippen LogP contribution is -2.52. The first-order chi connectivity index (χ1) is 8.16. The van der Waals surface area contributed by atoms with E-state index in [4.69, 9.17) is 5.73 Å². The molecule has 2 N–H and O–H groups in total. The number of hydrogen-bond donors (Lipinski definition) is 1.